The smallest absolute Gasteiger partial charge is 0.121 e. The molecule has 6 atom stereocenters. The van der Waals surface area contributed by atoms with Crippen LogP contribution in [0.15, 0.2) is 0 Å². The number of ether oxygens (including phenoxy) is 1. The van der Waals surface area contributed by atoms with E-state index >= 15 is 0 Å². The van der Waals surface area contributed by atoms with Gasteiger partial charge in [0.2, 0.25) is 0 Å². The van der Waals surface area contributed by atoms with Crippen LogP contribution in [-0.4, -0.2) is 29.0 Å². The molecule has 134 valence electrons. The van der Waals surface area contributed by atoms with Gasteiger partial charge >= 0.3 is 0 Å². The Balaban J connectivity index is 1.66. The molecule has 0 aromatic carbocycles. The number of hydrogen-bond donors (Lipinski definition) is 0. The highest BCUT2D eigenvalue weighted by molar-refractivity contribution is 7.98. The molecule has 0 amide bonds. The number of hydrogen-bond acceptors (Lipinski definition) is 1. The zero-order valence-electron chi connectivity index (χ0n) is 15.8. The molecule has 3 aliphatic rings. The Morgan fingerprint density at radius 2 is 1.74 bits per heavy atom. The van der Waals surface area contributed by atoms with E-state index in [-0.39, 0.29) is 0 Å². The Hall–Kier alpha value is 0.310. The van der Waals surface area contributed by atoms with E-state index in [0.29, 0.717) is 6.10 Å². The van der Waals surface area contributed by atoms with Crippen molar-refractivity contribution >= 4 is 10.9 Å². The minimum Gasteiger partial charge on any atom is -0.378 e. The van der Waals surface area contributed by atoms with E-state index in [1.807, 2.05) is 0 Å². The molecule has 0 bridgehead atoms. The van der Waals surface area contributed by atoms with Gasteiger partial charge in [0.1, 0.15) is 16.3 Å². The lowest BCUT2D eigenvalue weighted by atomic mass is 9.69. The molecular weight excluding hydrogens is 300 g/mol. The fourth-order valence-corrected chi connectivity index (χ4v) is 9.59. The molecule has 1 heterocycles. The molecule has 2 heteroatoms. The van der Waals surface area contributed by atoms with Crippen molar-refractivity contribution in [3.63, 3.8) is 0 Å². The van der Waals surface area contributed by atoms with E-state index in [0.717, 1.165) is 45.8 Å². The van der Waals surface area contributed by atoms with Crippen molar-refractivity contribution in [3.05, 3.63) is 0 Å². The fraction of sp³-hybridized carbons (Fsp3) is 1.00. The molecule has 1 nitrogen and oxygen atoms in total. The van der Waals surface area contributed by atoms with Crippen LogP contribution in [0.4, 0.5) is 0 Å². The SMILES string of the molecule is CCCCOC1CCC([S+]2CCCC2C(C)C)C2CCCCC12. The van der Waals surface area contributed by atoms with Gasteiger partial charge in [0.05, 0.1) is 6.10 Å². The summed E-state index contributed by atoms with van der Waals surface area (Å²) in [6.07, 6.45) is 14.9. The molecule has 2 aliphatic carbocycles. The summed E-state index contributed by atoms with van der Waals surface area (Å²) >= 11 is 0. The first-order valence-corrected chi connectivity index (χ1v) is 12.0. The molecule has 23 heavy (non-hydrogen) atoms. The van der Waals surface area contributed by atoms with Crippen molar-refractivity contribution < 1.29 is 4.74 Å². The van der Waals surface area contributed by atoms with Gasteiger partial charge in [-0.05, 0) is 61.8 Å². The predicted molar refractivity (Wildman–Crippen MR) is 103 cm³/mol. The van der Waals surface area contributed by atoms with E-state index < -0.39 is 0 Å². The minimum atomic E-state index is 0.604. The topological polar surface area (TPSA) is 9.23 Å². The van der Waals surface area contributed by atoms with Crippen molar-refractivity contribution in [2.75, 3.05) is 12.4 Å². The van der Waals surface area contributed by atoms with E-state index in [1.165, 1.54) is 64.2 Å². The Kier molecular flexibility index (Phi) is 6.78. The molecule has 0 radical (unpaired) electrons. The van der Waals surface area contributed by atoms with Crippen LogP contribution in [0.25, 0.3) is 0 Å². The Morgan fingerprint density at radius 1 is 0.957 bits per heavy atom. The highest BCUT2D eigenvalue weighted by Crippen LogP contribution is 2.48. The maximum atomic E-state index is 6.38. The predicted octanol–water partition coefficient (Wildman–Crippen LogP) is 5.58. The number of unbranched alkanes of at least 4 members (excludes halogenated alkanes) is 1. The quantitative estimate of drug-likeness (QED) is 0.453. The zero-order valence-corrected chi connectivity index (χ0v) is 16.6. The van der Waals surface area contributed by atoms with Crippen LogP contribution in [0, 0.1) is 17.8 Å². The van der Waals surface area contributed by atoms with Gasteiger partial charge in [-0.15, -0.1) is 0 Å². The standard InChI is InChI=1S/C21H39OS/c1-4-5-14-22-19-12-13-21(18-10-7-6-9-17(18)19)23-15-8-11-20(23)16(2)3/h16-21H,4-15H2,1-3H3/q+1. The molecule has 0 aromatic rings. The first kappa shape index (κ1) is 18.1. The Labute approximate surface area is 147 Å². The van der Waals surface area contributed by atoms with Crippen molar-refractivity contribution in [1.82, 2.24) is 0 Å². The Morgan fingerprint density at radius 3 is 2.48 bits per heavy atom. The summed E-state index contributed by atoms with van der Waals surface area (Å²) in [5.41, 5.74) is 0. The average molecular weight is 340 g/mol. The Bertz CT molecular complexity index is 356. The summed E-state index contributed by atoms with van der Waals surface area (Å²) in [5, 5.41) is 2.10. The third-order valence-electron chi connectivity index (χ3n) is 6.79. The normalized spacial score (nSPS) is 41.2. The summed E-state index contributed by atoms with van der Waals surface area (Å²) in [6.45, 7) is 8.24. The van der Waals surface area contributed by atoms with Gasteiger partial charge in [-0.25, -0.2) is 0 Å². The van der Waals surface area contributed by atoms with Crippen molar-refractivity contribution in [2.45, 2.75) is 102 Å². The summed E-state index contributed by atoms with van der Waals surface area (Å²) < 4.78 is 6.38. The van der Waals surface area contributed by atoms with Crippen molar-refractivity contribution in [2.24, 2.45) is 17.8 Å². The second-order valence-electron chi connectivity index (χ2n) is 8.59. The molecule has 3 rings (SSSR count). The molecule has 0 aromatic heterocycles. The second-order valence-corrected chi connectivity index (χ2v) is 11.1. The van der Waals surface area contributed by atoms with Crippen LogP contribution in [0.5, 0.6) is 0 Å². The molecule has 0 N–H and O–H groups in total. The van der Waals surface area contributed by atoms with E-state index in [1.54, 1.807) is 5.75 Å². The molecule has 0 spiro atoms. The van der Waals surface area contributed by atoms with Gasteiger partial charge in [-0.3, -0.25) is 0 Å². The van der Waals surface area contributed by atoms with Gasteiger partial charge in [0.25, 0.3) is 0 Å². The number of rotatable bonds is 6. The molecule has 1 saturated heterocycles. The fourth-order valence-electron chi connectivity index (χ4n) is 5.64. The highest BCUT2D eigenvalue weighted by atomic mass is 32.2. The van der Waals surface area contributed by atoms with E-state index in [9.17, 15) is 0 Å². The zero-order chi connectivity index (χ0) is 16.2. The maximum absolute atomic E-state index is 6.38. The summed E-state index contributed by atoms with van der Waals surface area (Å²) in [4.78, 5) is 0. The van der Waals surface area contributed by atoms with Gasteiger partial charge in [-0.2, -0.15) is 0 Å². The van der Waals surface area contributed by atoms with Crippen LogP contribution < -0.4 is 0 Å². The minimum absolute atomic E-state index is 0.604. The van der Waals surface area contributed by atoms with Crippen LogP contribution in [0.1, 0.15) is 85.0 Å². The lowest BCUT2D eigenvalue weighted by Crippen LogP contribution is -2.49. The summed E-state index contributed by atoms with van der Waals surface area (Å²) in [5.74, 6) is 4.37. The molecule has 3 fully saturated rings. The third-order valence-corrected chi connectivity index (χ3v) is 10.5. The highest BCUT2D eigenvalue weighted by Gasteiger charge is 2.52. The van der Waals surface area contributed by atoms with Gasteiger partial charge in [-0.1, -0.05) is 40.0 Å². The van der Waals surface area contributed by atoms with Crippen molar-refractivity contribution in [1.29, 1.82) is 0 Å². The lowest BCUT2D eigenvalue weighted by Gasteiger charge is -2.45. The van der Waals surface area contributed by atoms with Gasteiger partial charge < -0.3 is 4.74 Å². The van der Waals surface area contributed by atoms with Crippen LogP contribution in [0.2, 0.25) is 0 Å². The monoisotopic (exact) mass is 339 g/mol. The molecule has 6 unspecified atom stereocenters. The molecule has 1 aliphatic heterocycles. The largest absolute Gasteiger partial charge is 0.378 e. The molecule has 2 saturated carbocycles. The van der Waals surface area contributed by atoms with E-state index in [2.05, 4.69) is 20.8 Å². The first-order valence-electron chi connectivity index (χ1n) is 10.5. The summed E-state index contributed by atoms with van der Waals surface area (Å²) in [7, 11) is 0.722. The van der Waals surface area contributed by atoms with Crippen LogP contribution >= 0.6 is 0 Å². The first-order chi connectivity index (χ1) is 11.2. The number of fused-ring (bicyclic) bond motifs is 1. The van der Waals surface area contributed by atoms with Gasteiger partial charge in [0.15, 0.2) is 0 Å². The summed E-state index contributed by atoms with van der Waals surface area (Å²) in [6, 6.07) is 0. The second kappa shape index (κ2) is 8.61. The average Bonchev–Trinajstić information content (AvgIpc) is 3.05. The van der Waals surface area contributed by atoms with E-state index in [4.69, 9.17) is 4.74 Å². The maximum Gasteiger partial charge on any atom is 0.121 e. The van der Waals surface area contributed by atoms with Crippen LogP contribution in [-0.2, 0) is 15.6 Å². The van der Waals surface area contributed by atoms with Crippen molar-refractivity contribution in [3.8, 4) is 0 Å². The van der Waals surface area contributed by atoms with Gasteiger partial charge in [0, 0.05) is 18.4 Å². The third kappa shape index (κ3) is 4.11. The van der Waals surface area contributed by atoms with Crippen LogP contribution in [0.3, 0.4) is 0 Å². The molecular formula is C21H39OS+. The lowest BCUT2D eigenvalue weighted by molar-refractivity contribution is -0.0455.